The number of benzene rings is 2. The van der Waals surface area contributed by atoms with Crippen molar-refractivity contribution in [3.8, 4) is 11.5 Å². The van der Waals surface area contributed by atoms with Crippen molar-refractivity contribution in [2.45, 2.75) is 33.1 Å². The Balaban J connectivity index is 2.28. The lowest BCUT2D eigenvalue weighted by molar-refractivity contribution is 0.0694. The quantitative estimate of drug-likeness (QED) is 0.882. The highest BCUT2D eigenvalue weighted by molar-refractivity contribution is 5.91. The second-order valence-corrected chi connectivity index (χ2v) is 6.18. The zero-order chi connectivity index (χ0) is 15.6. The monoisotopic (exact) mass is 284 g/mol. The third kappa shape index (κ3) is 3.63. The van der Waals surface area contributed by atoms with Crippen LogP contribution in [0.2, 0.25) is 0 Å². The SMILES string of the molecule is Cc1ccc(Oc2ccc(C(C)(C)C)cc2)c(C(=O)O)c1. The molecule has 3 nitrogen and oxygen atoms in total. The molecular formula is C18H20O3. The molecule has 0 bridgehead atoms. The molecule has 21 heavy (non-hydrogen) atoms. The summed E-state index contributed by atoms with van der Waals surface area (Å²) in [5.74, 6) is 0.00553. The first kappa shape index (κ1) is 15.1. The lowest BCUT2D eigenvalue weighted by atomic mass is 9.87. The number of carboxylic acids is 1. The first-order valence-corrected chi connectivity index (χ1v) is 6.90. The van der Waals surface area contributed by atoms with Crippen LogP contribution in [-0.2, 0) is 5.41 Å². The van der Waals surface area contributed by atoms with Crippen molar-refractivity contribution in [3.63, 3.8) is 0 Å². The van der Waals surface area contributed by atoms with Gasteiger partial charge in [0.2, 0.25) is 0 Å². The average molecular weight is 284 g/mol. The van der Waals surface area contributed by atoms with Crippen LogP contribution in [0.5, 0.6) is 11.5 Å². The van der Waals surface area contributed by atoms with Crippen molar-refractivity contribution in [3.05, 3.63) is 59.2 Å². The highest BCUT2D eigenvalue weighted by Gasteiger charge is 2.15. The van der Waals surface area contributed by atoms with Crippen LogP contribution in [0.3, 0.4) is 0 Å². The summed E-state index contributed by atoms with van der Waals surface area (Å²) < 4.78 is 5.71. The van der Waals surface area contributed by atoms with Gasteiger partial charge in [-0.15, -0.1) is 0 Å². The number of hydrogen-bond acceptors (Lipinski definition) is 2. The van der Waals surface area contributed by atoms with Crippen molar-refractivity contribution in [2.75, 3.05) is 0 Å². The van der Waals surface area contributed by atoms with Gasteiger partial charge in [0.05, 0.1) is 0 Å². The van der Waals surface area contributed by atoms with E-state index in [4.69, 9.17) is 4.74 Å². The third-order valence-electron chi connectivity index (χ3n) is 3.31. The Morgan fingerprint density at radius 2 is 1.67 bits per heavy atom. The molecule has 1 N–H and O–H groups in total. The molecule has 3 heteroatoms. The summed E-state index contributed by atoms with van der Waals surface area (Å²) in [5.41, 5.74) is 2.35. The number of aromatic carboxylic acids is 1. The number of ether oxygens (including phenoxy) is 1. The van der Waals surface area contributed by atoms with Gasteiger partial charge in [0.15, 0.2) is 0 Å². The minimum absolute atomic E-state index is 0.0780. The average Bonchev–Trinajstić information content (AvgIpc) is 2.40. The summed E-state index contributed by atoms with van der Waals surface area (Å²) in [6.07, 6.45) is 0. The van der Waals surface area contributed by atoms with E-state index in [-0.39, 0.29) is 11.0 Å². The van der Waals surface area contributed by atoms with Gasteiger partial charge < -0.3 is 9.84 Å². The molecule has 0 saturated heterocycles. The first-order valence-electron chi connectivity index (χ1n) is 6.90. The molecule has 0 aliphatic heterocycles. The maximum atomic E-state index is 11.3. The highest BCUT2D eigenvalue weighted by Crippen LogP contribution is 2.29. The van der Waals surface area contributed by atoms with Crippen LogP contribution in [0.1, 0.15) is 42.3 Å². The molecule has 0 amide bonds. The highest BCUT2D eigenvalue weighted by atomic mass is 16.5. The van der Waals surface area contributed by atoms with Crippen LogP contribution < -0.4 is 4.74 Å². The molecule has 110 valence electrons. The van der Waals surface area contributed by atoms with Crippen LogP contribution in [0.4, 0.5) is 0 Å². The lowest BCUT2D eigenvalue weighted by Gasteiger charge is -2.19. The summed E-state index contributed by atoms with van der Waals surface area (Å²) in [6, 6.07) is 12.9. The second-order valence-electron chi connectivity index (χ2n) is 6.18. The second kappa shape index (κ2) is 5.60. The molecule has 0 radical (unpaired) electrons. The van der Waals surface area contributed by atoms with Gasteiger partial charge in [-0.25, -0.2) is 4.79 Å². The van der Waals surface area contributed by atoms with Gasteiger partial charge in [-0.2, -0.15) is 0 Å². The maximum absolute atomic E-state index is 11.3. The maximum Gasteiger partial charge on any atom is 0.339 e. The molecule has 2 aromatic rings. The van der Waals surface area contributed by atoms with E-state index < -0.39 is 5.97 Å². The van der Waals surface area contributed by atoms with E-state index in [0.717, 1.165) is 5.56 Å². The van der Waals surface area contributed by atoms with Crippen molar-refractivity contribution < 1.29 is 14.6 Å². The first-order chi connectivity index (χ1) is 9.77. The normalized spacial score (nSPS) is 11.2. The Morgan fingerprint density at radius 1 is 1.05 bits per heavy atom. The fourth-order valence-electron chi connectivity index (χ4n) is 2.05. The molecule has 0 spiro atoms. The molecule has 0 aliphatic rings. The molecule has 0 saturated carbocycles. The zero-order valence-electron chi connectivity index (χ0n) is 12.8. The van der Waals surface area contributed by atoms with Crippen molar-refractivity contribution in [1.82, 2.24) is 0 Å². The van der Waals surface area contributed by atoms with Gasteiger partial charge >= 0.3 is 5.97 Å². The smallest absolute Gasteiger partial charge is 0.339 e. The van der Waals surface area contributed by atoms with Crippen molar-refractivity contribution in [1.29, 1.82) is 0 Å². The van der Waals surface area contributed by atoms with E-state index in [9.17, 15) is 9.90 Å². The summed E-state index contributed by atoms with van der Waals surface area (Å²) in [5, 5.41) is 9.24. The molecule has 0 aromatic heterocycles. The van der Waals surface area contributed by atoms with E-state index in [1.807, 2.05) is 37.3 Å². The Kier molecular flexibility index (Phi) is 4.03. The number of carboxylic acid groups (broad SMARTS) is 1. The Labute approximate surface area is 125 Å². The van der Waals surface area contributed by atoms with Crippen LogP contribution in [0.15, 0.2) is 42.5 Å². The minimum atomic E-state index is -0.986. The summed E-state index contributed by atoms with van der Waals surface area (Å²) in [7, 11) is 0. The third-order valence-corrected chi connectivity index (χ3v) is 3.31. The van der Waals surface area contributed by atoms with Gasteiger partial charge in [-0.3, -0.25) is 0 Å². The molecule has 0 heterocycles. The summed E-state index contributed by atoms with van der Waals surface area (Å²) in [4.78, 5) is 11.3. The van der Waals surface area contributed by atoms with Gasteiger partial charge in [0, 0.05) is 0 Å². The van der Waals surface area contributed by atoms with Gasteiger partial charge in [0.25, 0.3) is 0 Å². The van der Waals surface area contributed by atoms with Crippen LogP contribution in [-0.4, -0.2) is 11.1 Å². The van der Waals surface area contributed by atoms with E-state index in [2.05, 4.69) is 20.8 Å². The van der Waals surface area contributed by atoms with Gasteiger partial charge in [0.1, 0.15) is 17.1 Å². The Hall–Kier alpha value is -2.29. The van der Waals surface area contributed by atoms with Crippen molar-refractivity contribution >= 4 is 5.97 Å². The fraction of sp³-hybridized carbons (Fsp3) is 0.278. The molecule has 0 unspecified atom stereocenters. The minimum Gasteiger partial charge on any atom is -0.478 e. The lowest BCUT2D eigenvalue weighted by Crippen LogP contribution is -2.10. The largest absolute Gasteiger partial charge is 0.478 e. The Morgan fingerprint density at radius 3 is 2.19 bits per heavy atom. The number of aryl methyl sites for hydroxylation is 1. The van der Waals surface area contributed by atoms with E-state index >= 15 is 0 Å². The van der Waals surface area contributed by atoms with E-state index in [1.54, 1.807) is 12.1 Å². The number of carbonyl (C=O) groups is 1. The van der Waals surface area contributed by atoms with Crippen LogP contribution in [0, 0.1) is 6.92 Å². The molecular weight excluding hydrogens is 264 g/mol. The molecule has 0 atom stereocenters. The molecule has 2 rings (SSSR count). The summed E-state index contributed by atoms with van der Waals surface area (Å²) >= 11 is 0. The van der Waals surface area contributed by atoms with E-state index in [1.165, 1.54) is 5.56 Å². The molecule has 2 aromatic carbocycles. The predicted octanol–water partition coefficient (Wildman–Crippen LogP) is 4.78. The van der Waals surface area contributed by atoms with Gasteiger partial charge in [-0.1, -0.05) is 44.5 Å². The topological polar surface area (TPSA) is 46.5 Å². The number of rotatable bonds is 3. The van der Waals surface area contributed by atoms with Crippen LogP contribution in [0.25, 0.3) is 0 Å². The standard InChI is InChI=1S/C18H20O3/c1-12-5-10-16(15(11-12)17(19)20)21-14-8-6-13(7-9-14)18(2,3)4/h5-11H,1-4H3,(H,19,20). The Bertz CT molecular complexity index is 649. The predicted molar refractivity (Wildman–Crippen MR) is 83.4 cm³/mol. The van der Waals surface area contributed by atoms with Gasteiger partial charge in [-0.05, 0) is 42.2 Å². The molecule has 0 aliphatic carbocycles. The van der Waals surface area contributed by atoms with Crippen molar-refractivity contribution in [2.24, 2.45) is 0 Å². The fourth-order valence-corrected chi connectivity index (χ4v) is 2.05. The number of hydrogen-bond donors (Lipinski definition) is 1. The molecule has 0 fully saturated rings. The summed E-state index contributed by atoms with van der Waals surface area (Å²) in [6.45, 7) is 8.29. The van der Waals surface area contributed by atoms with Crippen LogP contribution >= 0.6 is 0 Å². The van der Waals surface area contributed by atoms with E-state index in [0.29, 0.717) is 11.5 Å². The zero-order valence-corrected chi connectivity index (χ0v) is 12.8.